The summed E-state index contributed by atoms with van der Waals surface area (Å²) < 4.78 is 17.4. The molecule has 1 N–H and O–H groups in total. The number of furan rings is 1. The van der Waals surface area contributed by atoms with Crippen LogP contribution in [0.1, 0.15) is 66.2 Å². The highest BCUT2D eigenvalue weighted by molar-refractivity contribution is 6.98. The summed E-state index contributed by atoms with van der Waals surface area (Å²) in [5.41, 5.74) is -0.587. The highest BCUT2D eigenvalue weighted by Gasteiger charge is 2.49. The lowest BCUT2D eigenvalue weighted by Crippen LogP contribution is -2.65. The molecule has 0 aliphatic rings. The highest BCUT2D eigenvalue weighted by Crippen LogP contribution is 2.40. The molecule has 1 amide bonds. The number of benzene rings is 2. The van der Waals surface area contributed by atoms with E-state index in [4.69, 9.17) is 13.9 Å². The molecule has 0 fully saturated rings. The van der Waals surface area contributed by atoms with Crippen LogP contribution >= 0.6 is 0 Å². The van der Waals surface area contributed by atoms with Crippen molar-refractivity contribution >= 4 is 24.8 Å². The maximum absolute atomic E-state index is 12.8. The van der Waals surface area contributed by atoms with E-state index < -0.39 is 20.0 Å². The van der Waals surface area contributed by atoms with Crippen molar-refractivity contribution in [1.82, 2.24) is 4.90 Å². The minimum Gasteiger partial charge on any atom is -0.467 e. The molecule has 0 spiro atoms. The molecule has 0 aliphatic carbocycles. The predicted octanol–water partition coefficient (Wildman–Crippen LogP) is 6.15. The number of hydrogen-bond acceptors (Lipinski definition) is 5. The van der Waals surface area contributed by atoms with Gasteiger partial charge in [0.05, 0.1) is 18.9 Å². The van der Waals surface area contributed by atoms with Gasteiger partial charge in [-0.1, -0.05) is 81.4 Å². The second kappa shape index (κ2) is 13.0. The van der Waals surface area contributed by atoms with Crippen LogP contribution in [0.25, 0.3) is 0 Å². The number of nitrogens with zero attached hydrogens (tertiary/aromatic N) is 1. The zero-order valence-electron chi connectivity index (χ0n) is 24.5. The third kappa shape index (κ3) is 7.62. The molecule has 6 nitrogen and oxygen atoms in total. The third-order valence-corrected chi connectivity index (χ3v) is 11.9. The van der Waals surface area contributed by atoms with Gasteiger partial charge >= 0.3 is 6.09 Å². The van der Waals surface area contributed by atoms with Crippen LogP contribution in [0.15, 0.2) is 83.5 Å². The molecule has 3 aromatic rings. The van der Waals surface area contributed by atoms with Gasteiger partial charge in [0.2, 0.25) is 0 Å². The summed E-state index contributed by atoms with van der Waals surface area (Å²) in [5, 5.41) is 1.71. The van der Waals surface area contributed by atoms with Crippen LogP contribution in [-0.4, -0.2) is 50.0 Å². The fourth-order valence-corrected chi connectivity index (χ4v) is 9.01. The standard InChI is InChI=1S/C32H45NO5Si/c1-25(29(28-20-14-23-37-28)33(7)30(34)38-31(2,3)4)24-36-22-15-21-32(5,6)39(35,26-16-10-8-11-17-26)27-18-12-9-13-19-27/h8-14,16-20,23,25,29,35H,15,21-22,24H2,1-7H3/t25-,29+/m1/s1. The summed E-state index contributed by atoms with van der Waals surface area (Å²) >= 11 is 0. The number of hydrogen-bond donors (Lipinski definition) is 1. The van der Waals surface area contributed by atoms with Gasteiger partial charge in [-0.05, 0) is 61.2 Å². The molecule has 1 heterocycles. The Bertz CT molecular complexity index is 1100. The minimum absolute atomic E-state index is 0.0263. The Labute approximate surface area is 235 Å². The first-order chi connectivity index (χ1) is 18.4. The van der Waals surface area contributed by atoms with E-state index in [0.29, 0.717) is 19.0 Å². The van der Waals surface area contributed by atoms with E-state index in [9.17, 15) is 9.59 Å². The van der Waals surface area contributed by atoms with Crippen molar-refractivity contribution in [3.05, 3.63) is 84.8 Å². The third-order valence-electron chi connectivity index (χ3n) is 7.31. The van der Waals surface area contributed by atoms with E-state index in [-0.39, 0.29) is 17.0 Å². The van der Waals surface area contributed by atoms with Gasteiger partial charge in [-0.15, -0.1) is 0 Å². The van der Waals surface area contributed by atoms with Crippen LogP contribution in [0, 0.1) is 5.92 Å². The van der Waals surface area contributed by atoms with E-state index in [1.165, 1.54) is 0 Å². The molecule has 1 aromatic heterocycles. The van der Waals surface area contributed by atoms with Crippen molar-refractivity contribution in [1.29, 1.82) is 0 Å². The molecule has 0 saturated carbocycles. The Morgan fingerprint density at radius 1 is 0.949 bits per heavy atom. The quantitative estimate of drug-likeness (QED) is 0.216. The van der Waals surface area contributed by atoms with Gasteiger partial charge in [0, 0.05) is 19.6 Å². The number of carbonyl (C=O) groups excluding carboxylic acids is 1. The molecule has 7 heteroatoms. The van der Waals surface area contributed by atoms with Gasteiger partial charge in [0.15, 0.2) is 0 Å². The van der Waals surface area contributed by atoms with E-state index >= 15 is 0 Å². The van der Waals surface area contributed by atoms with E-state index in [1.54, 1.807) is 18.2 Å². The first-order valence-electron chi connectivity index (χ1n) is 13.8. The lowest BCUT2D eigenvalue weighted by Gasteiger charge is -2.41. The van der Waals surface area contributed by atoms with Crippen molar-refractivity contribution in [2.24, 2.45) is 5.92 Å². The van der Waals surface area contributed by atoms with Crippen LogP contribution in [-0.2, 0) is 9.47 Å². The van der Waals surface area contributed by atoms with Crippen LogP contribution in [0.5, 0.6) is 0 Å². The van der Waals surface area contributed by atoms with Gasteiger partial charge in [0.25, 0.3) is 8.32 Å². The summed E-state index contributed by atoms with van der Waals surface area (Å²) in [6, 6.07) is 23.6. The number of amides is 1. The average Bonchev–Trinajstić information content (AvgIpc) is 3.42. The highest BCUT2D eigenvalue weighted by atomic mass is 28.4. The Kier molecular flexibility index (Phi) is 10.2. The molecule has 39 heavy (non-hydrogen) atoms. The van der Waals surface area contributed by atoms with Gasteiger partial charge < -0.3 is 23.6 Å². The molecule has 212 valence electrons. The summed E-state index contributed by atoms with van der Waals surface area (Å²) in [6.45, 7) is 13.0. The van der Waals surface area contributed by atoms with Crippen molar-refractivity contribution in [3.8, 4) is 0 Å². The zero-order valence-corrected chi connectivity index (χ0v) is 25.5. The minimum atomic E-state index is -3.04. The van der Waals surface area contributed by atoms with Gasteiger partial charge in [0.1, 0.15) is 11.4 Å². The molecule has 0 bridgehead atoms. The molecular formula is C32H45NO5Si. The maximum Gasteiger partial charge on any atom is 0.410 e. The average molecular weight is 552 g/mol. The fourth-order valence-electron chi connectivity index (χ4n) is 5.22. The Hall–Kier alpha value is -2.87. The number of carbonyl (C=O) groups is 1. The first kappa shape index (κ1) is 30.7. The second-order valence-corrected chi connectivity index (χ2v) is 16.0. The van der Waals surface area contributed by atoms with Gasteiger partial charge in [-0.3, -0.25) is 0 Å². The van der Waals surface area contributed by atoms with Crippen LogP contribution in [0.3, 0.4) is 0 Å². The van der Waals surface area contributed by atoms with Crippen LogP contribution in [0.2, 0.25) is 5.04 Å². The molecule has 2 atom stereocenters. The van der Waals surface area contributed by atoms with Crippen LogP contribution < -0.4 is 10.4 Å². The van der Waals surface area contributed by atoms with Gasteiger partial charge in [-0.2, -0.15) is 0 Å². The Morgan fingerprint density at radius 3 is 2.00 bits per heavy atom. The Morgan fingerprint density at radius 2 is 1.51 bits per heavy atom. The molecule has 3 rings (SSSR count). The van der Waals surface area contributed by atoms with E-state index in [1.807, 2.05) is 69.3 Å². The van der Waals surface area contributed by atoms with Crippen molar-refractivity contribution in [3.63, 3.8) is 0 Å². The SMILES string of the molecule is C[C@H](COCCCC(C)(C)[Si](O)(c1ccccc1)c1ccccc1)[C@@H](c1ccco1)N(C)C(=O)OC(C)(C)C. The van der Waals surface area contributed by atoms with E-state index in [0.717, 1.165) is 23.2 Å². The monoisotopic (exact) mass is 551 g/mol. The zero-order chi connectivity index (χ0) is 28.7. The first-order valence-corrected chi connectivity index (χ1v) is 15.7. The number of ether oxygens (including phenoxy) is 2. The summed E-state index contributed by atoms with van der Waals surface area (Å²) in [4.78, 5) is 26.7. The topological polar surface area (TPSA) is 72.1 Å². The van der Waals surface area contributed by atoms with E-state index in [2.05, 4.69) is 45.0 Å². The fraction of sp³-hybridized carbons (Fsp3) is 0.469. The summed E-state index contributed by atoms with van der Waals surface area (Å²) in [6.07, 6.45) is 2.84. The largest absolute Gasteiger partial charge is 0.467 e. The molecule has 2 aromatic carbocycles. The van der Waals surface area contributed by atoms with Crippen molar-refractivity contribution in [2.45, 2.75) is 71.1 Å². The number of rotatable bonds is 12. The Balaban J connectivity index is 1.64. The smallest absolute Gasteiger partial charge is 0.410 e. The normalized spacial score (nSPS) is 14.1. The predicted molar refractivity (Wildman–Crippen MR) is 159 cm³/mol. The van der Waals surface area contributed by atoms with Gasteiger partial charge in [-0.25, -0.2) is 4.79 Å². The van der Waals surface area contributed by atoms with Crippen molar-refractivity contribution in [2.75, 3.05) is 20.3 Å². The van der Waals surface area contributed by atoms with Crippen LogP contribution in [0.4, 0.5) is 4.79 Å². The molecule has 0 aliphatic heterocycles. The lowest BCUT2D eigenvalue weighted by atomic mass is 9.99. The second-order valence-electron chi connectivity index (χ2n) is 12.0. The van der Waals surface area contributed by atoms with Crippen molar-refractivity contribution < 1.29 is 23.5 Å². The molecule has 0 saturated heterocycles. The maximum atomic E-state index is 12.8. The molecule has 0 unspecified atom stereocenters. The molecule has 0 radical (unpaired) electrons. The molecular weight excluding hydrogens is 506 g/mol. The summed E-state index contributed by atoms with van der Waals surface area (Å²) in [5.74, 6) is 0.670. The summed E-state index contributed by atoms with van der Waals surface area (Å²) in [7, 11) is -1.30. The lowest BCUT2D eigenvalue weighted by molar-refractivity contribution is 0.00420.